The molecule has 0 bridgehead atoms. The smallest absolute Gasteiger partial charge is 0.303 e. The van der Waals surface area contributed by atoms with Crippen molar-refractivity contribution in [3.05, 3.63) is 59.3 Å². The summed E-state index contributed by atoms with van der Waals surface area (Å²) in [5.74, 6) is 0.901. The van der Waals surface area contributed by atoms with Gasteiger partial charge in [0, 0.05) is 40.5 Å². The van der Waals surface area contributed by atoms with Gasteiger partial charge in [-0.15, -0.1) is 0 Å². The van der Waals surface area contributed by atoms with Crippen LogP contribution in [0.1, 0.15) is 32.1 Å². The maximum atomic E-state index is 10.9. The number of aliphatic carboxylic acids is 1. The fourth-order valence-corrected chi connectivity index (χ4v) is 4.77. The quantitative estimate of drug-likeness (QED) is 0.339. The highest BCUT2D eigenvalue weighted by Crippen LogP contribution is 2.30. The summed E-state index contributed by atoms with van der Waals surface area (Å²) in [6, 6.07) is 13.7. The minimum absolute atomic E-state index is 0.0923. The molecule has 1 fully saturated rings. The highest BCUT2D eigenvalue weighted by atomic mass is 79.9. The molecule has 0 radical (unpaired) electrons. The first-order valence-corrected chi connectivity index (χ1v) is 11.8. The van der Waals surface area contributed by atoms with E-state index in [9.17, 15) is 4.79 Å². The molecule has 2 N–H and O–H groups in total. The van der Waals surface area contributed by atoms with Gasteiger partial charge in [-0.1, -0.05) is 6.07 Å². The summed E-state index contributed by atoms with van der Waals surface area (Å²) in [6.45, 7) is 0. The molecular weight excluding hydrogens is 484 g/mol. The van der Waals surface area contributed by atoms with Crippen molar-refractivity contribution in [2.45, 2.75) is 38.2 Å². The number of nitrogens with zero attached hydrogens (tertiary/aromatic N) is 3. The second-order valence-electron chi connectivity index (χ2n) is 8.40. The van der Waals surface area contributed by atoms with Crippen LogP contribution in [0.15, 0.2) is 59.3 Å². The summed E-state index contributed by atoms with van der Waals surface area (Å²) < 4.78 is 6.97. The molecule has 0 amide bonds. The third kappa shape index (κ3) is 4.90. The largest absolute Gasteiger partial charge is 0.481 e. The Morgan fingerprint density at radius 3 is 2.48 bits per heavy atom. The number of para-hydroxylation sites is 1. The van der Waals surface area contributed by atoms with E-state index in [1.165, 1.54) is 0 Å². The third-order valence-electron chi connectivity index (χ3n) is 6.08. The Morgan fingerprint density at radius 1 is 1.03 bits per heavy atom. The molecule has 5 rings (SSSR count). The van der Waals surface area contributed by atoms with Crippen molar-refractivity contribution < 1.29 is 14.6 Å². The van der Waals surface area contributed by atoms with Gasteiger partial charge in [-0.05, 0) is 77.9 Å². The number of hydrogen-bond donors (Lipinski definition) is 2. The topological polar surface area (TPSA) is 101 Å². The number of H-pyrrole nitrogens is 1. The fraction of sp³-hybridized carbons (Fsp3) is 0.280. The van der Waals surface area contributed by atoms with Gasteiger partial charge >= 0.3 is 5.97 Å². The number of fused-ring (bicyclic) bond motifs is 1. The lowest BCUT2D eigenvalue weighted by Crippen LogP contribution is -2.25. The van der Waals surface area contributed by atoms with Gasteiger partial charge in [0.05, 0.1) is 11.2 Å². The van der Waals surface area contributed by atoms with Crippen molar-refractivity contribution in [2.75, 3.05) is 0 Å². The number of rotatable bonds is 6. The monoisotopic (exact) mass is 506 g/mol. The van der Waals surface area contributed by atoms with Gasteiger partial charge in [-0.25, -0.2) is 9.97 Å². The molecule has 0 unspecified atom stereocenters. The zero-order valence-corrected chi connectivity index (χ0v) is 19.5. The van der Waals surface area contributed by atoms with Crippen molar-refractivity contribution in [2.24, 2.45) is 5.92 Å². The van der Waals surface area contributed by atoms with E-state index < -0.39 is 5.97 Å². The van der Waals surface area contributed by atoms with Gasteiger partial charge in [-0.2, -0.15) is 0 Å². The van der Waals surface area contributed by atoms with Crippen LogP contribution in [0, 0.1) is 5.92 Å². The van der Waals surface area contributed by atoms with E-state index in [1.807, 2.05) is 42.5 Å². The molecule has 3 aromatic heterocycles. The van der Waals surface area contributed by atoms with Crippen molar-refractivity contribution in [3.63, 3.8) is 0 Å². The number of carboxylic acids is 1. The van der Waals surface area contributed by atoms with Crippen molar-refractivity contribution in [3.8, 4) is 28.5 Å². The maximum absolute atomic E-state index is 10.9. The summed E-state index contributed by atoms with van der Waals surface area (Å²) in [5, 5.41) is 8.95. The normalized spacial score (nSPS) is 18.3. The fourth-order valence-electron chi connectivity index (χ4n) is 4.31. The number of aromatic nitrogens is 4. The molecule has 3 heterocycles. The molecule has 0 saturated heterocycles. The Kier molecular flexibility index (Phi) is 6.09. The van der Waals surface area contributed by atoms with E-state index >= 15 is 0 Å². The SMILES string of the molecule is O=C(O)CC1CCC(Oc2ccc(-c3ccc(-c4nc5c(Br)cccc5[nH]4)cn3)cn2)CC1. The first kappa shape index (κ1) is 21.6. The van der Waals surface area contributed by atoms with E-state index in [4.69, 9.17) is 9.84 Å². The van der Waals surface area contributed by atoms with Gasteiger partial charge in [0.2, 0.25) is 5.88 Å². The molecule has 0 spiro atoms. The van der Waals surface area contributed by atoms with Gasteiger partial charge in [0.15, 0.2) is 0 Å². The molecule has 1 saturated carbocycles. The van der Waals surface area contributed by atoms with Crippen LogP contribution >= 0.6 is 15.9 Å². The summed E-state index contributed by atoms with van der Waals surface area (Å²) in [4.78, 5) is 27.9. The number of carboxylic acid groups (broad SMARTS) is 1. The molecule has 1 aromatic carbocycles. The van der Waals surface area contributed by atoms with Gasteiger partial charge < -0.3 is 14.8 Å². The van der Waals surface area contributed by atoms with Crippen molar-refractivity contribution in [1.29, 1.82) is 0 Å². The lowest BCUT2D eigenvalue weighted by Gasteiger charge is -2.27. The van der Waals surface area contributed by atoms with Crippen molar-refractivity contribution >= 4 is 32.9 Å². The second-order valence-corrected chi connectivity index (χ2v) is 9.25. The molecule has 7 nitrogen and oxygen atoms in total. The van der Waals surface area contributed by atoms with Crippen molar-refractivity contribution in [1.82, 2.24) is 19.9 Å². The highest BCUT2D eigenvalue weighted by molar-refractivity contribution is 9.10. The molecule has 33 heavy (non-hydrogen) atoms. The molecule has 1 aliphatic carbocycles. The number of carbonyl (C=O) groups is 1. The molecule has 0 atom stereocenters. The predicted molar refractivity (Wildman–Crippen MR) is 129 cm³/mol. The maximum Gasteiger partial charge on any atom is 0.303 e. The number of imidazole rings is 1. The van der Waals surface area contributed by atoms with Crippen LogP contribution in [-0.4, -0.2) is 37.1 Å². The van der Waals surface area contributed by atoms with Gasteiger partial charge in [0.1, 0.15) is 17.4 Å². The zero-order chi connectivity index (χ0) is 22.8. The molecule has 4 aromatic rings. The van der Waals surface area contributed by atoms with E-state index in [1.54, 1.807) is 12.4 Å². The van der Waals surface area contributed by atoms with Crippen LogP contribution < -0.4 is 4.74 Å². The van der Waals surface area contributed by atoms with E-state index in [-0.39, 0.29) is 18.4 Å². The average Bonchev–Trinajstić information content (AvgIpc) is 3.27. The number of benzene rings is 1. The van der Waals surface area contributed by atoms with Crippen LogP contribution in [0.4, 0.5) is 0 Å². The second kappa shape index (κ2) is 9.31. The first-order valence-electron chi connectivity index (χ1n) is 11.0. The standard InChI is InChI=1S/C25H23BrN4O3/c26-19-2-1-3-21-24(19)30-25(29-21)17-6-10-20(27-14-17)16-7-11-22(28-13-16)33-18-8-4-15(5-9-18)12-23(31)32/h1-3,6-7,10-11,13-15,18H,4-5,8-9,12H2,(H,29,30)(H,31,32). The van der Waals surface area contributed by atoms with E-state index in [0.717, 1.165) is 63.8 Å². The third-order valence-corrected chi connectivity index (χ3v) is 6.72. The molecule has 1 aliphatic rings. The summed E-state index contributed by atoms with van der Waals surface area (Å²) in [6.07, 6.45) is 7.41. The zero-order valence-electron chi connectivity index (χ0n) is 17.9. The number of pyridine rings is 2. The minimum atomic E-state index is -0.719. The lowest BCUT2D eigenvalue weighted by atomic mass is 9.85. The van der Waals surface area contributed by atoms with Gasteiger partial charge in [-0.3, -0.25) is 9.78 Å². The Balaban J connectivity index is 1.23. The summed E-state index contributed by atoms with van der Waals surface area (Å²) in [5.41, 5.74) is 4.51. The number of halogens is 1. The van der Waals surface area contributed by atoms with Crippen LogP contribution in [0.25, 0.3) is 33.7 Å². The lowest BCUT2D eigenvalue weighted by molar-refractivity contribution is -0.138. The van der Waals surface area contributed by atoms with Crippen LogP contribution in [0.2, 0.25) is 0 Å². The Hall–Kier alpha value is -3.26. The van der Waals surface area contributed by atoms with Crippen LogP contribution in [-0.2, 0) is 4.79 Å². The minimum Gasteiger partial charge on any atom is -0.481 e. The molecular formula is C25H23BrN4O3. The number of nitrogens with one attached hydrogen (secondary N) is 1. The van der Waals surface area contributed by atoms with E-state index in [0.29, 0.717) is 5.88 Å². The number of hydrogen-bond acceptors (Lipinski definition) is 5. The summed E-state index contributed by atoms with van der Waals surface area (Å²) in [7, 11) is 0. The number of aromatic amines is 1. The number of ether oxygens (including phenoxy) is 1. The Bertz CT molecular complexity index is 1260. The molecule has 0 aliphatic heterocycles. The highest BCUT2D eigenvalue weighted by Gasteiger charge is 2.24. The van der Waals surface area contributed by atoms with Crippen LogP contribution in [0.5, 0.6) is 5.88 Å². The van der Waals surface area contributed by atoms with E-state index in [2.05, 4.69) is 35.9 Å². The van der Waals surface area contributed by atoms with Gasteiger partial charge in [0.25, 0.3) is 0 Å². The summed E-state index contributed by atoms with van der Waals surface area (Å²) >= 11 is 3.54. The Labute approximate surface area is 199 Å². The molecule has 168 valence electrons. The first-order chi connectivity index (χ1) is 16.0. The molecule has 8 heteroatoms. The van der Waals surface area contributed by atoms with Crippen LogP contribution in [0.3, 0.4) is 0 Å². The predicted octanol–water partition coefficient (Wildman–Crippen LogP) is 5.86. The Morgan fingerprint density at radius 2 is 1.82 bits per heavy atom. The average molecular weight is 507 g/mol.